The van der Waals surface area contributed by atoms with Crippen LogP contribution in [-0.2, 0) is 4.79 Å². The summed E-state index contributed by atoms with van der Waals surface area (Å²) in [5, 5.41) is 9.77. The third-order valence-corrected chi connectivity index (χ3v) is 3.39. The number of para-hydroxylation sites is 1. The molecule has 19 heavy (non-hydrogen) atoms. The number of hydrogen-bond donors (Lipinski definition) is 3. The van der Waals surface area contributed by atoms with Crippen LogP contribution < -0.4 is 16.0 Å². The number of amides is 1. The van der Waals surface area contributed by atoms with Crippen LogP contribution in [0.1, 0.15) is 25.7 Å². The molecule has 1 aliphatic rings. The SMILES string of the molecule is O=C(CCCCC1CNCCN1)Nc1ccccc1. The molecule has 104 valence electrons. The molecular formula is C15H23N3O. The van der Waals surface area contributed by atoms with E-state index in [4.69, 9.17) is 0 Å². The molecule has 0 spiro atoms. The van der Waals surface area contributed by atoms with Gasteiger partial charge in [0.1, 0.15) is 0 Å². The lowest BCUT2D eigenvalue weighted by atomic mass is 10.1. The highest BCUT2D eigenvalue weighted by Gasteiger charge is 2.11. The molecule has 1 atom stereocenters. The molecule has 1 aromatic rings. The monoisotopic (exact) mass is 261 g/mol. The lowest BCUT2D eigenvalue weighted by molar-refractivity contribution is -0.116. The van der Waals surface area contributed by atoms with Crippen LogP contribution in [0.5, 0.6) is 0 Å². The molecule has 1 saturated heterocycles. The van der Waals surface area contributed by atoms with E-state index in [9.17, 15) is 4.79 Å². The van der Waals surface area contributed by atoms with Crippen molar-refractivity contribution < 1.29 is 4.79 Å². The Morgan fingerprint density at radius 1 is 1.21 bits per heavy atom. The number of anilines is 1. The highest BCUT2D eigenvalue weighted by molar-refractivity contribution is 5.90. The highest BCUT2D eigenvalue weighted by atomic mass is 16.1. The fourth-order valence-corrected chi connectivity index (χ4v) is 2.34. The van der Waals surface area contributed by atoms with Crippen molar-refractivity contribution in [1.29, 1.82) is 0 Å². The maximum atomic E-state index is 11.7. The Kier molecular flexibility index (Phi) is 5.85. The number of carbonyl (C=O) groups is 1. The van der Waals surface area contributed by atoms with E-state index in [2.05, 4.69) is 16.0 Å². The van der Waals surface area contributed by atoms with E-state index in [0.717, 1.165) is 44.6 Å². The number of hydrogen-bond acceptors (Lipinski definition) is 3. The molecule has 0 radical (unpaired) electrons. The van der Waals surface area contributed by atoms with Gasteiger partial charge >= 0.3 is 0 Å². The topological polar surface area (TPSA) is 53.2 Å². The summed E-state index contributed by atoms with van der Waals surface area (Å²) in [5.41, 5.74) is 0.880. The summed E-state index contributed by atoms with van der Waals surface area (Å²) >= 11 is 0. The Morgan fingerprint density at radius 3 is 2.79 bits per heavy atom. The van der Waals surface area contributed by atoms with E-state index < -0.39 is 0 Å². The van der Waals surface area contributed by atoms with Gasteiger partial charge in [0, 0.05) is 37.8 Å². The van der Waals surface area contributed by atoms with Crippen molar-refractivity contribution in [2.75, 3.05) is 25.0 Å². The van der Waals surface area contributed by atoms with Gasteiger partial charge in [-0.3, -0.25) is 4.79 Å². The Morgan fingerprint density at radius 2 is 2.05 bits per heavy atom. The Hall–Kier alpha value is -1.39. The average molecular weight is 261 g/mol. The van der Waals surface area contributed by atoms with Gasteiger partial charge in [-0.15, -0.1) is 0 Å². The fourth-order valence-electron chi connectivity index (χ4n) is 2.34. The van der Waals surface area contributed by atoms with Crippen molar-refractivity contribution in [3.05, 3.63) is 30.3 Å². The van der Waals surface area contributed by atoms with Gasteiger partial charge in [0.25, 0.3) is 0 Å². The second kappa shape index (κ2) is 7.92. The molecule has 1 aromatic carbocycles. The van der Waals surface area contributed by atoms with Crippen LogP contribution >= 0.6 is 0 Å². The molecule has 1 aliphatic heterocycles. The normalized spacial score (nSPS) is 19.1. The zero-order valence-electron chi connectivity index (χ0n) is 11.3. The second-order valence-corrected chi connectivity index (χ2v) is 5.02. The highest BCUT2D eigenvalue weighted by Crippen LogP contribution is 2.08. The van der Waals surface area contributed by atoms with Gasteiger partial charge in [0.15, 0.2) is 0 Å². The Labute approximate surface area is 115 Å². The quantitative estimate of drug-likeness (QED) is 0.684. The van der Waals surface area contributed by atoms with E-state index in [1.807, 2.05) is 30.3 Å². The number of piperazine rings is 1. The van der Waals surface area contributed by atoms with Gasteiger partial charge in [-0.2, -0.15) is 0 Å². The summed E-state index contributed by atoms with van der Waals surface area (Å²) < 4.78 is 0. The van der Waals surface area contributed by atoms with E-state index in [0.29, 0.717) is 12.5 Å². The first-order valence-electron chi connectivity index (χ1n) is 7.13. The van der Waals surface area contributed by atoms with Crippen molar-refractivity contribution in [1.82, 2.24) is 10.6 Å². The van der Waals surface area contributed by atoms with Gasteiger partial charge in [-0.25, -0.2) is 0 Å². The third-order valence-electron chi connectivity index (χ3n) is 3.39. The predicted molar refractivity (Wildman–Crippen MR) is 78.2 cm³/mol. The molecule has 0 bridgehead atoms. The largest absolute Gasteiger partial charge is 0.326 e. The number of nitrogens with one attached hydrogen (secondary N) is 3. The molecule has 1 heterocycles. The molecule has 1 fully saturated rings. The molecule has 3 N–H and O–H groups in total. The maximum absolute atomic E-state index is 11.7. The van der Waals surface area contributed by atoms with Gasteiger partial charge in [-0.1, -0.05) is 24.6 Å². The zero-order chi connectivity index (χ0) is 13.3. The van der Waals surface area contributed by atoms with E-state index in [-0.39, 0.29) is 5.91 Å². The lowest BCUT2D eigenvalue weighted by Crippen LogP contribution is -2.48. The molecule has 4 heteroatoms. The summed E-state index contributed by atoms with van der Waals surface area (Å²) in [6, 6.07) is 10.2. The molecule has 0 saturated carbocycles. The summed E-state index contributed by atoms with van der Waals surface area (Å²) in [6.07, 6.45) is 3.80. The maximum Gasteiger partial charge on any atom is 0.224 e. The van der Waals surface area contributed by atoms with Crippen LogP contribution in [0.3, 0.4) is 0 Å². The van der Waals surface area contributed by atoms with Crippen molar-refractivity contribution in [2.45, 2.75) is 31.7 Å². The minimum Gasteiger partial charge on any atom is -0.326 e. The molecular weight excluding hydrogens is 238 g/mol. The van der Waals surface area contributed by atoms with Gasteiger partial charge < -0.3 is 16.0 Å². The van der Waals surface area contributed by atoms with Gasteiger partial charge in [-0.05, 0) is 25.0 Å². The van der Waals surface area contributed by atoms with Crippen molar-refractivity contribution in [2.24, 2.45) is 0 Å². The van der Waals surface area contributed by atoms with Gasteiger partial charge in [0.05, 0.1) is 0 Å². The average Bonchev–Trinajstić information content (AvgIpc) is 2.46. The lowest BCUT2D eigenvalue weighted by Gasteiger charge is -2.24. The standard InChI is InChI=1S/C15H23N3O/c19-15(18-13-6-2-1-3-7-13)9-5-4-8-14-12-16-10-11-17-14/h1-3,6-7,14,16-17H,4-5,8-12H2,(H,18,19). The second-order valence-electron chi connectivity index (χ2n) is 5.02. The summed E-state index contributed by atoms with van der Waals surface area (Å²) in [4.78, 5) is 11.7. The third kappa shape index (κ3) is 5.41. The molecule has 1 amide bonds. The molecule has 0 aliphatic carbocycles. The van der Waals surface area contributed by atoms with Crippen LogP contribution in [0.2, 0.25) is 0 Å². The van der Waals surface area contributed by atoms with Crippen molar-refractivity contribution >= 4 is 11.6 Å². The van der Waals surface area contributed by atoms with Crippen molar-refractivity contribution in [3.8, 4) is 0 Å². The van der Waals surface area contributed by atoms with E-state index >= 15 is 0 Å². The number of rotatable bonds is 6. The molecule has 0 aromatic heterocycles. The van der Waals surface area contributed by atoms with Crippen LogP contribution in [0.4, 0.5) is 5.69 Å². The zero-order valence-corrected chi connectivity index (χ0v) is 11.3. The van der Waals surface area contributed by atoms with Crippen LogP contribution in [0.25, 0.3) is 0 Å². The summed E-state index contributed by atoms with van der Waals surface area (Å²) in [5.74, 6) is 0.112. The molecule has 2 rings (SSSR count). The minimum absolute atomic E-state index is 0.112. The number of carbonyl (C=O) groups excluding carboxylic acids is 1. The number of unbranched alkanes of at least 4 members (excludes halogenated alkanes) is 1. The van der Waals surface area contributed by atoms with Crippen LogP contribution in [0.15, 0.2) is 30.3 Å². The van der Waals surface area contributed by atoms with E-state index in [1.165, 1.54) is 0 Å². The molecule has 4 nitrogen and oxygen atoms in total. The summed E-state index contributed by atoms with van der Waals surface area (Å²) in [6.45, 7) is 3.17. The fraction of sp³-hybridized carbons (Fsp3) is 0.533. The Balaban J connectivity index is 1.56. The first-order chi connectivity index (χ1) is 9.34. The molecule has 1 unspecified atom stereocenters. The summed E-state index contributed by atoms with van der Waals surface area (Å²) in [7, 11) is 0. The minimum atomic E-state index is 0.112. The van der Waals surface area contributed by atoms with Crippen LogP contribution in [-0.4, -0.2) is 31.6 Å². The predicted octanol–water partition coefficient (Wildman–Crippen LogP) is 1.75. The smallest absolute Gasteiger partial charge is 0.224 e. The van der Waals surface area contributed by atoms with E-state index in [1.54, 1.807) is 0 Å². The van der Waals surface area contributed by atoms with Crippen molar-refractivity contribution in [3.63, 3.8) is 0 Å². The first kappa shape index (κ1) is 14.0. The number of benzene rings is 1. The Bertz CT molecular complexity index is 374. The van der Waals surface area contributed by atoms with Gasteiger partial charge in [0.2, 0.25) is 5.91 Å². The first-order valence-corrected chi connectivity index (χ1v) is 7.13. The van der Waals surface area contributed by atoms with Crippen LogP contribution in [0, 0.1) is 0 Å².